The summed E-state index contributed by atoms with van der Waals surface area (Å²) in [4.78, 5) is 5.32. The van der Waals surface area contributed by atoms with Crippen LogP contribution in [0.5, 0.6) is 0 Å². The highest BCUT2D eigenvalue weighted by Crippen LogP contribution is 2.43. The lowest BCUT2D eigenvalue weighted by Crippen LogP contribution is -2.37. The third kappa shape index (κ3) is 5.72. The van der Waals surface area contributed by atoms with E-state index in [2.05, 4.69) is 113 Å². The first-order chi connectivity index (χ1) is 25.7. The molecule has 0 unspecified atom stereocenters. The molecule has 0 aliphatic carbocycles. The Balaban J connectivity index is 1.42. The van der Waals surface area contributed by atoms with Crippen molar-refractivity contribution in [2.75, 3.05) is 0 Å². The molecule has 0 N–H and O–H groups in total. The Morgan fingerprint density at radius 2 is 1.31 bits per heavy atom. The molecule has 2 heterocycles. The number of para-hydroxylation sites is 2. The number of furan rings is 1. The Hall–Kier alpha value is -5.19. The molecular weight excluding hydrogens is 637 g/mol. The van der Waals surface area contributed by atoms with E-state index in [4.69, 9.17) is 13.5 Å². The van der Waals surface area contributed by atoms with Gasteiger partial charge in [-0.3, -0.25) is 4.57 Å². The summed E-state index contributed by atoms with van der Waals surface area (Å²) in [7, 11) is -1.44. The fourth-order valence-electron chi connectivity index (χ4n) is 7.45. The van der Waals surface area contributed by atoms with Crippen molar-refractivity contribution in [3.05, 3.63) is 138 Å². The number of hydrogen-bond acceptors (Lipinski definition) is 2. The molecule has 254 valence electrons. The molecule has 51 heavy (non-hydrogen) atoms. The van der Waals surface area contributed by atoms with Crippen LogP contribution in [0.3, 0.4) is 0 Å². The van der Waals surface area contributed by atoms with Crippen LogP contribution in [-0.2, 0) is 0 Å². The zero-order chi connectivity index (χ0) is 38.1. The van der Waals surface area contributed by atoms with Crippen LogP contribution >= 0.6 is 0 Å². The lowest BCUT2D eigenvalue weighted by atomic mass is 9.88. The number of nitrogens with zero attached hydrogens (tertiary/aromatic N) is 2. The average molecular weight is 686 g/mol. The zero-order valence-corrected chi connectivity index (χ0v) is 31.5. The van der Waals surface area contributed by atoms with E-state index in [1.807, 2.05) is 54.6 Å². The van der Waals surface area contributed by atoms with Crippen LogP contribution in [0.2, 0.25) is 19.6 Å². The van der Waals surface area contributed by atoms with E-state index in [9.17, 15) is 0 Å². The number of rotatable bonds is 7. The van der Waals surface area contributed by atoms with Crippen molar-refractivity contribution in [3.63, 3.8) is 0 Å². The van der Waals surface area contributed by atoms with Crippen molar-refractivity contribution in [3.8, 4) is 39.3 Å². The van der Waals surface area contributed by atoms with Gasteiger partial charge in [0, 0.05) is 14.9 Å². The summed E-state index contributed by atoms with van der Waals surface area (Å²) in [6, 6.07) is 42.0. The monoisotopic (exact) mass is 685 g/mol. The van der Waals surface area contributed by atoms with Crippen LogP contribution in [0.25, 0.3) is 72.3 Å². The van der Waals surface area contributed by atoms with Crippen LogP contribution in [0.15, 0.2) is 126 Å². The van der Waals surface area contributed by atoms with Gasteiger partial charge in [0.1, 0.15) is 17.0 Å². The van der Waals surface area contributed by atoms with Crippen molar-refractivity contribution in [2.24, 2.45) is 0 Å². The molecule has 0 amide bonds. The first kappa shape index (κ1) is 29.5. The summed E-state index contributed by atoms with van der Waals surface area (Å²) in [5.74, 6) is 1.12. The van der Waals surface area contributed by atoms with Crippen molar-refractivity contribution in [1.82, 2.24) is 9.55 Å². The van der Waals surface area contributed by atoms with Gasteiger partial charge in [-0.1, -0.05) is 131 Å². The molecule has 2 aromatic heterocycles. The number of hydrogen-bond donors (Lipinski definition) is 0. The van der Waals surface area contributed by atoms with Crippen LogP contribution in [-0.4, -0.2) is 17.6 Å². The molecule has 0 saturated heterocycles. The summed E-state index contributed by atoms with van der Waals surface area (Å²) in [5.41, 5.74) is 12.1. The topological polar surface area (TPSA) is 31.0 Å². The van der Waals surface area contributed by atoms with E-state index in [0.717, 1.165) is 44.6 Å². The number of aromatic nitrogens is 2. The summed E-state index contributed by atoms with van der Waals surface area (Å²) in [6.45, 7) is 13.8. The second kappa shape index (κ2) is 12.5. The van der Waals surface area contributed by atoms with Gasteiger partial charge in [0.25, 0.3) is 0 Å². The SMILES string of the molecule is [2H]C([2H])([2H])c1ccc(-c2nc3ccccc3n2-c2c(C(C)C)cc(-c3ccc([Si](C)(C)C)cc3)cc2C(C)C)c2oc3cc(-c4ccccc4)ccc3c12. The van der Waals surface area contributed by atoms with Gasteiger partial charge in [-0.25, -0.2) is 4.98 Å². The second-order valence-electron chi connectivity index (χ2n) is 15.4. The van der Waals surface area contributed by atoms with Gasteiger partial charge in [0.05, 0.1) is 30.4 Å². The third-order valence-electron chi connectivity index (χ3n) is 10.3. The first-order valence-corrected chi connectivity index (χ1v) is 21.5. The van der Waals surface area contributed by atoms with Crippen LogP contribution < -0.4 is 5.19 Å². The summed E-state index contributed by atoms with van der Waals surface area (Å²) >= 11 is 0. The van der Waals surface area contributed by atoms with Gasteiger partial charge in [-0.2, -0.15) is 0 Å². The minimum atomic E-state index is -2.34. The molecule has 8 rings (SSSR count). The van der Waals surface area contributed by atoms with Crippen molar-refractivity contribution >= 4 is 46.2 Å². The molecule has 6 aromatic carbocycles. The van der Waals surface area contributed by atoms with E-state index in [-0.39, 0.29) is 17.4 Å². The second-order valence-corrected chi connectivity index (χ2v) is 20.5. The fourth-order valence-corrected chi connectivity index (χ4v) is 8.61. The summed E-state index contributed by atoms with van der Waals surface area (Å²) in [6.07, 6.45) is 0. The van der Waals surface area contributed by atoms with Crippen LogP contribution in [0.4, 0.5) is 0 Å². The first-order valence-electron chi connectivity index (χ1n) is 19.5. The molecule has 0 spiro atoms. The summed E-state index contributed by atoms with van der Waals surface area (Å²) in [5, 5.41) is 2.82. The van der Waals surface area contributed by atoms with Gasteiger partial charge >= 0.3 is 0 Å². The quantitative estimate of drug-likeness (QED) is 0.156. The third-order valence-corrected chi connectivity index (χ3v) is 12.3. The number of fused-ring (bicyclic) bond motifs is 4. The van der Waals surface area contributed by atoms with Crippen LogP contribution in [0, 0.1) is 6.85 Å². The maximum absolute atomic E-state index is 8.54. The highest BCUT2D eigenvalue weighted by Gasteiger charge is 2.26. The Bertz CT molecular complexity index is 2650. The van der Waals surface area contributed by atoms with E-state index >= 15 is 0 Å². The highest BCUT2D eigenvalue weighted by atomic mass is 28.3. The molecule has 0 aliphatic rings. The van der Waals surface area contributed by atoms with Crippen LogP contribution in [0.1, 0.15) is 60.3 Å². The largest absolute Gasteiger partial charge is 0.455 e. The van der Waals surface area contributed by atoms with Gasteiger partial charge in [0.2, 0.25) is 0 Å². The van der Waals surface area contributed by atoms with E-state index in [0.29, 0.717) is 16.6 Å². The predicted octanol–water partition coefficient (Wildman–Crippen LogP) is 13.0. The minimum Gasteiger partial charge on any atom is -0.455 e. The van der Waals surface area contributed by atoms with E-state index < -0.39 is 14.9 Å². The molecule has 3 nitrogen and oxygen atoms in total. The summed E-state index contributed by atoms with van der Waals surface area (Å²) < 4.78 is 34.7. The zero-order valence-electron chi connectivity index (χ0n) is 33.5. The van der Waals surface area contributed by atoms with Gasteiger partial charge in [0.15, 0.2) is 0 Å². The lowest BCUT2D eigenvalue weighted by Gasteiger charge is -2.24. The fraction of sp³-hybridized carbons (Fsp3) is 0.213. The molecule has 0 bridgehead atoms. The predicted molar refractivity (Wildman–Crippen MR) is 221 cm³/mol. The van der Waals surface area contributed by atoms with Crippen molar-refractivity contribution < 1.29 is 8.53 Å². The molecule has 0 atom stereocenters. The van der Waals surface area contributed by atoms with Gasteiger partial charge in [-0.05, 0) is 100 Å². The molecule has 8 aromatic rings. The molecular formula is C47H46N2OSi. The van der Waals surface area contributed by atoms with E-state index in [1.54, 1.807) is 6.07 Å². The van der Waals surface area contributed by atoms with Crippen molar-refractivity contribution in [2.45, 2.75) is 66.0 Å². The standard InChI is InChI=1S/C47H46N2OSi/c1-29(2)39-26-35(33-19-22-36(23-20-33)51(6,7)8)27-40(30(3)4)45(39)49-42-17-13-12-16-41(42)48-47(49)38-24-18-31(5)44-37-25-21-34(28-43(37)50-46(38)44)32-14-10-9-11-15-32/h9-30H,1-8H3/i5D3. The maximum Gasteiger partial charge on any atom is 0.149 e. The highest BCUT2D eigenvalue weighted by molar-refractivity contribution is 6.88. The van der Waals surface area contributed by atoms with Crippen molar-refractivity contribution in [1.29, 1.82) is 0 Å². The Kier molecular flexibility index (Phi) is 7.26. The Morgan fingerprint density at radius 3 is 1.98 bits per heavy atom. The molecule has 4 heteroatoms. The molecule has 0 aliphatic heterocycles. The normalized spacial score (nSPS) is 13.4. The minimum absolute atomic E-state index is 0.202. The number of benzene rings is 6. The van der Waals surface area contributed by atoms with E-state index in [1.165, 1.54) is 27.4 Å². The molecule has 0 radical (unpaired) electrons. The number of aryl methyl sites for hydroxylation is 1. The van der Waals surface area contributed by atoms with Gasteiger partial charge < -0.3 is 4.42 Å². The Morgan fingerprint density at radius 1 is 0.667 bits per heavy atom. The van der Waals surface area contributed by atoms with Gasteiger partial charge in [-0.15, -0.1) is 0 Å². The maximum atomic E-state index is 8.54. The molecule has 0 fully saturated rings. The average Bonchev–Trinajstić information content (AvgIpc) is 3.72. The molecule has 0 saturated carbocycles. The Labute approximate surface area is 306 Å². The number of imidazole rings is 1. The smallest absolute Gasteiger partial charge is 0.149 e. The lowest BCUT2D eigenvalue weighted by molar-refractivity contribution is 0.669.